The molecule has 0 aliphatic rings. The van der Waals surface area contributed by atoms with Gasteiger partial charge in [0, 0.05) is 24.5 Å². The van der Waals surface area contributed by atoms with Gasteiger partial charge in [-0.05, 0) is 53.4 Å². The molecule has 4 rings (SSSR count). The third kappa shape index (κ3) is 9.01. The first-order valence-electron chi connectivity index (χ1n) is 14.3. The minimum absolute atomic E-state index is 0.0166. The molecule has 0 radical (unpaired) electrons. The molecule has 0 aliphatic heterocycles. The Kier molecular flexibility index (Phi) is 11.9. The second kappa shape index (κ2) is 15.6. The number of carbonyl (C=O) groups excluding carboxylic acids is 2. The van der Waals surface area contributed by atoms with Crippen molar-refractivity contribution in [2.45, 2.75) is 37.8 Å². The van der Waals surface area contributed by atoms with E-state index < -0.39 is 28.5 Å². The SMILES string of the molecule is CC(C)CNC(=O)[C@H](Cc1ccccc1)N(Cc1ccccc1Cl)C(=O)CN(c1ccc(Cl)c(Cl)c1)S(=O)(=O)c1ccccc1. The lowest BCUT2D eigenvalue weighted by molar-refractivity contribution is -0.140. The number of amides is 2. The first-order chi connectivity index (χ1) is 21.5. The summed E-state index contributed by atoms with van der Waals surface area (Å²) < 4.78 is 29.1. The number of sulfonamides is 1. The van der Waals surface area contributed by atoms with Gasteiger partial charge >= 0.3 is 0 Å². The van der Waals surface area contributed by atoms with Gasteiger partial charge in [0.15, 0.2) is 0 Å². The summed E-state index contributed by atoms with van der Waals surface area (Å²) in [6.45, 7) is 3.69. The molecule has 45 heavy (non-hydrogen) atoms. The lowest BCUT2D eigenvalue weighted by Crippen LogP contribution is -2.53. The lowest BCUT2D eigenvalue weighted by Gasteiger charge is -2.34. The quantitative estimate of drug-likeness (QED) is 0.161. The number of carbonyl (C=O) groups is 2. The van der Waals surface area contributed by atoms with Crippen molar-refractivity contribution >= 4 is 62.3 Å². The van der Waals surface area contributed by atoms with Crippen molar-refractivity contribution in [1.29, 1.82) is 0 Å². The van der Waals surface area contributed by atoms with E-state index in [1.165, 1.54) is 35.2 Å². The van der Waals surface area contributed by atoms with Crippen molar-refractivity contribution in [1.82, 2.24) is 10.2 Å². The topological polar surface area (TPSA) is 86.8 Å². The molecule has 1 atom stereocenters. The van der Waals surface area contributed by atoms with Gasteiger partial charge in [-0.3, -0.25) is 13.9 Å². The van der Waals surface area contributed by atoms with Crippen LogP contribution in [0.3, 0.4) is 0 Å². The van der Waals surface area contributed by atoms with E-state index in [1.54, 1.807) is 42.5 Å². The summed E-state index contributed by atoms with van der Waals surface area (Å²) >= 11 is 19.0. The van der Waals surface area contributed by atoms with Gasteiger partial charge in [-0.25, -0.2) is 8.42 Å². The molecule has 0 saturated heterocycles. The number of nitrogens with zero attached hydrogens (tertiary/aromatic N) is 2. The first kappa shape index (κ1) is 34.3. The third-order valence-corrected chi connectivity index (χ3v) is 9.95. The van der Waals surface area contributed by atoms with Gasteiger partial charge in [-0.2, -0.15) is 0 Å². The number of benzene rings is 4. The second-order valence-corrected chi connectivity index (χ2v) is 14.0. The van der Waals surface area contributed by atoms with Crippen molar-refractivity contribution < 1.29 is 18.0 Å². The molecule has 4 aromatic carbocycles. The van der Waals surface area contributed by atoms with E-state index >= 15 is 0 Å². The smallest absolute Gasteiger partial charge is 0.264 e. The fourth-order valence-electron chi connectivity index (χ4n) is 4.68. The monoisotopic (exact) mass is 685 g/mol. The highest BCUT2D eigenvalue weighted by Gasteiger charge is 2.35. The lowest BCUT2D eigenvalue weighted by atomic mass is 10.0. The number of rotatable bonds is 13. The van der Waals surface area contributed by atoms with Gasteiger partial charge < -0.3 is 10.2 Å². The number of halogens is 3. The predicted molar refractivity (Wildman–Crippen MR) is 181 cm³/mol. The maximum atomic E-state index is 14.5. The van der Waals surface area contributed by atoms with Crippen molar-refractivity contribution in [2.75, 3.05) is 17.4 Å². The highest BCUT2D eigenvalue weighted by molar-refractivity contribution is 7.92. The summed E-state index contributed by atoms with van der Waals surface area (Å²) in [5.74, 6) is -0.804. The van der Waals surface area contributed by atoms with Crippen LogP contribution in [0.2, 0.25) is 15.1 Å². The molecular weight excluding hydrogens is 653 g/mol. The molecule has 0 saturated carbocycles. The molecule has 0 spiro atoms. The zero-order valence-electron chi connectivity index (χ0n) is 24.9. The Hall–Kier alpha value is -3.56. The van der Waals surface area contributed by atoms with Crippen molar-refractivity contribution in [2.24, 2.45) is 5.92 Å². The standard InChI is InChI=1S/C34H34Cl3N3O4S/c1-24(2)21-38-34(42)32(19-25-11-5-3-6-12-25)39(22-26-13-9-10-16-29(26)35)33(41)23-40(27-17-18-30(36)31(37)20-27)45(43,44)28-14-7-4-8-15-28/h3-18,20,24,32H,19,21-23H2,1-2H3,(H,38,42)/t32-/m0/s1. The molecule has 0 unspecified atom stereocenters. The summed E-state index contributed by atoms with van der Waals surface area (Å²) in [6, 6.07) is 27.5. The molecule has 2 amide bonds. The summed E-state index contributed by atoms with van der Waals surface area (Å²) in [6.07, 6.45) is 0.194. The number of anilines is 1. The molecule has 0 fully saturated rings. The van der Waals surface area contributed by atoms with Crippen LogP contribution in [0.1, 0.15) is 25.0 Å². The minimum atomic E-state index is -4.26. The van der Waals surface area contributed by atoms with E-state index in [9.17, 15) is 18.0 Å². The Balaban J connectivity index is 1.82. The molecule has 11 heteroatoms. The maximum Gasteiger partial charge on any atom is 0.264 e. The molecule has 0 aliphatic carbocycles. The van der Waals surface area contributed by atoms with Crippen LogP contribution >= 0.6 is 34.8 Å². The molecule has 0 heterocycles. The van der Waals surface area contributed by atoms with E-state index in [2.05, 4.69) is 5.32 Å². The predicted octanol–water partition coefficient (Wildman–Crippen LogP) is 7.25. The molecule has 7 nitrogen and oxygen atoms in total. The van der Waals surface area contributed by atoms with Crippen LogP contribution in [0.5, 0.6) is 0 Å². The Labute approximate surface area is 279 Å². The Bertz CT molecular complexity index is 1720. The summed E-state index contributed by atoms with van der Waals surface area (Å²) in [7, 11) is -4.26. The number of hydrogen-bond acceptors (Lipinski definition) is 4. The average molecular weight is 687 g/mol. The Morgan fingerprint density at radius 2 is 1.40 bits per heavy atom. The van der Waals surface area contributed by atoms with Crippen LogP contribution in [0.25, 0.3) is 0 Å². The van der Waals surface area contributed by atoms with Crippen molar-refractivity contribution in [3.05, 3.63) is 129 Å². The highest BCUT2D eigenvalue weighted by atomic mass is 35.5. The minimum Gasteiger partial charge on any atom is -0.354 e. The zero-order valence-corrected chi connectivity index (χ0v) is 28.0. The first-order valence-corrected chi connectivity index (χ1v) is 16.9. The van der Waals surface area contributed by atoms with E-state index in [0.717, 1.165) is 9.87 Å². The molecule has 4 aromatic rings. The fraction of sp³-hybridized carbons (Fsp3) is 0.235. The maximum absolute atomic E-state index is 14.5. The van der Waals surface area contributed by atoms with E-state index in [4.69, 9.17) is 34.8 Å². The van der Waals surface area contributed by atoms with Gasteiger partial charge in [-0.15, -0.1) is 0 Å². The van der Waals surface area contributed by atoms with E-state index in [0.29, 0.717) is 17.1 Å². The van der Waals surface area contributed by atoms with Crippen LogP contribution in [-0.4, -0.2) is 44.3 Å². The highest BCUT2D eigenvalue weighted by Crippen LogP contribution is 2.31. The largest absolute Gasteiger partial charge is 0.354 e. The van der Waals surface area contributed by atoms with Crippen LogP contribution < -0.4 is 9.62 Å². The van der Waals surface area contributed by atoms with Gasteiger partial charge in [-0.1, -0.05) is 115 Å². The van der Waals surface area contributed by atoms with Crippen LogP contribution in [0.4, 0.5) is 5.69 Å². The Morgan fingerprint density at radius 3 is 2.02 bits per heavy atom. The normalized spacial score (nSPS) is 12.0. The molecule has 0 aromatic heterocycles. The summed E-state index contributed by atoms with van der Waals surface area (Å²) in [4.78, 5) is 29.7. The van der Waals surface area contributed by atoms with E-state index in [1.807, 2.05) is 44.2 Å². The molecular formula is C34H34Cl3N3O4S. The molecule has 236 valence electrons. The Morgan fingerprint density at radius 1 is 0.778 bits per heavy atom. The van der Waals surface area contributed by atoms with Gasteiger partial charge in [0.05, 0.1) is 20.6 Å². The second-order valence-electron chi connectivity index (χ2n) is 10.9. The zero-order chi connectivity index (χ0) is 32.6. The van der Waals surface area contributed by atoms with Gasteiger partial charge in [0.2, 0.25) is 11.8 Å². The number of hydrogen-bond donors (Lipinski definition) is 1. The van der Waals surface area contributed by atoms with Crippen LogP contribution in [0.15, 0.2) is 108 Å². The van der Waals surface area contributed by atoms with Crippen molar-refractivity contribution in [3.63, 3.8) is 0 Å². The van der Waals surface area contributed by atoms with Crippen molar-refractivity contribution in [3.8, 4) is 0 Å². The molecule has 1 N–H and O–H groups in total. The summed E-state index contributed by atoms with van der Waals surface area (Å²) in [5.41, 5.74) is 1.58. The van der Waals surface area contributed by atoms with E-state index in [-0.39, 0.29) is 45.4 Å². The van der Waals surface area contributed by atoms with Crippen LogP contribution in [-0.2, 0) is 32.6 Å². The van der Waals surface area contributed by atoms with Gasteiger partial charge in [0.25, 0.3) is 10.0 Å². The number of nitrogens with one attached hydrogen (secondary N) is 1. The van der Waals surface area contributed by atoms with Gasteiger partial charge in [0.1, 0.15) is 12.6 Å². The summed E-state index contributed by atoms with van der Waals surface area (Å²) in [5, 5.41) is 3.73. The fourth-order valence-corrected chi connectivity index (χ4v) is 6.59. The average Bonchev–Trinajstić information content (AvgIpc) is 3.03. The third-order valence-electron chi connectivity index (χ3n) is 7.06. The van der Waals surface area contributed by atoms with Crippen LogP contribution in [0, 0.1) is 5.92 Å². The molecule has 0 bridgehead atoms.